The van der Waals surface area contributed by atoms with E-state index in [4.69, 9.17) is 0 Å². The number of aromatic nitrogens is 2. The van der Waals surface area contributed by atoms with Gasteiger partial charge in [-0.3, -0.25) is 14.2 Å². The van der Waals surface area contributed by atoms with Crippen molar-refractivity contribution in [1.29, 1.82) is 0 Å². The molecule has 0 saturated carbocycles. The molecule has 1 atom stereocenters. The van der Waals surface area contributed by atoms with Crippen LogP contribution in [0.2, 0.25) is 0 Å². The van der Waals surface area contributed by atoms with E-state index < -0.39 is 35.2 Å². The van der Waals surface area contributed by atoms with Crippen molar-refractivity contribution in [2.75, 3.05) is 0 Å². The molecule has 0 aliphatic heterocycles. The number of carbonyl (C=O) groups excluding carboxylic acids is 1. The fraction of sp³-hybridized carbons (Fsp3) is 0.211. The van der Waals surface area contributed by atoms with Crippen molar-refractivity contribution in [3.63, 3.8) is 0 Å². The van der Waals surface area contributed by atoms with Crippen LogP contribution >= 0.6 is 0 Å². The molecule has 6 nitrogen and oxygen atoms in total. The van der Waals surface area contributed by atoms with Crippen LogP contribution in [0.3, 0.4) is 0 Å². The molecule has 2 N–H and O–H groups in total. The molecule has 0 saturated heterocycles. The monoisotopic (exact) mass is 409 g/mol. The first kappa shape index (κ1) is 20.3. The molecule has 1 heterocycles. The maximum Gasteiger partial charge on any atom is 0.412 e. The summed E-state index contributed by atoms with van der Waals surface area (Å²) >= 11 is 0. The van der Waals surface area contributed by atoms with E-state index in [2.05, 4.69) is 4.98 Å². The Morgan fingerprint density at radius 1 is 1.14 bits per heavy atom. The molecule has 152 valence electrons. The smallest absolute Gasteiger partial charge is 0.337 e. The van der Waals surface area contributed by atoms with E-state index in [-0.39, 0.29) is 28.6 Å². The molecular formula is C19H15F4N3O3. The standard InChI is InChI=1S/C19H15F4N3O3/c1-2-26-17(28)13-8-5-11(9-14(13)24-18(26)29)16(27)25-15(19(21,22)23)10-3-6-12(20)7-4-10/h3-9,15H,2H2,1H3,(H,24,29)(H,25,27). The van der Waals surface area contributed by atoms with Crippen LogP contribution in [-0.4, -0.2) is 21.6 Å². The summed E-state index contributed by atoms with van der Waals surface area (Å²) in [5.74, 6) is -1.78. The number of hydrogen-bond donors (Lipinski definition) is 2. The first-order valence-corrected chi connectivity index (χ1v) is 8.51. The first-order chi connectivity index (χ1) is 13.6. The minimum absolute atomic E-state index is 0.0303. The highest BCUT2D eigenvalue weighted by atomic mass is 19.4. The van der Waals surface area contributed by atoms with Gasteiger partial charge in [-0.25, -0.2) is 9.18 Å². The van der Waals surface area contributed by atoms with Gasteiger partial charge in [0.1, 0.15) is 5.82 Å². The second kappa shape index (κ2) is 7.53. The molecule has 1 aromatic heterocycles. The van der Waals surface area contributed by atoms with Crippen molar-refractivity contribution in [1.82, 2.24) is 14.9 Å². The first-order valence-electron chi connectivity index (χ1n) is 8.51. The highest BCUT2D eigenvalue weighted by Gasteiger charge is 2.42. The zero-order valence-corrected chi connectivity index (χ0v) is 15.0. The number of carbonyl (C=O) groups is 1. The average molecular weight is 409 g/mol. The Bertz CT molecular complexity index is 1180. The topological polar surface area (TPSA) is 84.0 Å². The van der Waals surface area contributed by atoms with E-state index in [9.17, 15) is 31.9 Å². The molecule has 3 aromatic rings. The summed E-state index contributed by atoms with van der Waals surface area (Å²) in [5.41, 5.74) is -1.76. The van der Waals surface area contributed by atoms with Crippen molar-refractivity contribution >= 4 is 16.8 Å². The van der Waals surface area contributed by atoms with E-state index in [1.807, 2.05) is 5.32 Å². The largest absolute Gasteiger partial charge is 0.412 e. The van der Waals surface area contributed by atoms with Crippen LogP contribution in [0.5, 0.6) is 0 Å². The fourth-order valence-corrected chi connectivity index (χ4v) is 2.91. The highest BCUT2D eigenvalue weighted by molar-refractivity contribution is 5.97. The van der Waals surface area contributed by atoms with Crippen molar-refractivity contribution in [3.05, 3.63) is 80.2 Å². The van der Waals surface area contributed by atoms with Gasteiger partial charge < -0.3 is 10.3 Å². The normalized spacial score (nSPS) is 12.7. The van der Waals surface area contributed by atoms with Crippen LogP contribution in [0.1, 0.15) is 28.9 Å². The van der Waals surface area contributed by atoms with E-state index in [1.165, 1.54) is 12.1 Å². The summed E-state index contributed by atoms with van der Waals surface area (Å²) in [4.78, 5) is 39.0. The Hall–Kier alpha value is -3.43. The third-order valence-corrected chi connectivity index (χ3v) is 4.37. The highest BCUT2D eigenvalue weighted by Crippen LogP contribution is 2.33. The summed E-state index contributed by atoms with van der Waals surface area (Å²) < 4.78 is 54.2. The van der Waals surface area contributed by atoms with Gasteiger partial charge in [-0.1, -0.05) is 12.1 Å². The number of aromatic amines is 1. The molecule has 0 bridgehead atoms. The van der Waals surface area contributed by atoms with Gasteiger partial charge in [0.25, 0.3) is 11.5 Å². The maximum absolute atomic E-state index is 13.4. The number of H-pyrrole nitrogens is 1. The third kappa shape index (κ3) is 4.05. The number of nitrogens with one attached hydrogen (secondary N) is 2. The molecule has 0 aliphatic carbocycles. The van der Waals surface area contributed by atoms with Gasteiger partial charge in [-0.15, -0.1) is 0 Å². The van der Waals surface area contributed by atoms with Gasteiger partial charge in [-0.05, 0) is 42.8 Å². The molecule has 10 heteroatoms. The average Bonchev–Trinajstić information content (AvgIpc) is 2.65. The van der Waals surface area contributed by atoms with Gasteiger partial charge in [0, 0.05) is 12.1 Å². The third-order valence-electron chi connectivity index (χ3n) is 4.37. The maximum atomic E-state index is 13.4. The summed E-state index contributed by atoms with van der Waals surface area (Å²) in [6.45, 7) is 1.74. The van der Waals surface area contributed by atoms with Gasteiger partial charge in [-0.2, -0.15) is 13.2 Å². The summed E-state index contributed by atoms with van der Waals surface area (Å²) in [6, 6.07) is 4.80. The minimum Gasteiger partial charge on any atom is -0.337 e. The lowest BCUT2D eigenvalue weighted by Crippen LogP contribution is -2.38. The molecule has 0 aliphatic rings. The molecule has 0 radical (unpaired) electrons. The van der Waals surface area contributed by atoms with Crippen LogP contribution in [0.15, 0.2) is 52.1 Å². The van der Waals surface area contributed by atoms with Crippen LogP contribution in [0.25, 0.3) is 10.9 Å². The van der Waals surface area contributed by atoms with Crippen LogP contribution < -0.4 is 16.6 Å². The van der Waals surface area contributed by atoms with Crippen LogP contribution in [-0.2, 0) is 6.54 Å². The summed E-state index contributed by atoms with van der Waals surface area (Å²) in [7, 11) is 0. The minimum atomic E-state index is -4.83. The zero-order chi connectivity index (χ0) is 21.3. The zero-order valence-electron chi connectivity index (χ0n) is 15.0. The second-order valence-electron chi connectivity index (χ2n) is 6.24. The van der Waals surface area contributed by atoms with Gasteiger partial charge in [0.2, 0.25) is 0 Å². The van der Waals surface area contributed by atoms with Crippen LogP contribution in [0.4, 0.5) is 17.6 Å². The predicted molar refractivity (Wildman–Crippen MR) is 97.2 cm³/mol. The van der Waals surface area contributed by atoms with E-state index >= 15 is 0 Å². The quantitative estimate of drug-likeness (QED) is 0.650. The Labute approximate surface area is 160 Å². The van der Waals surface area contributed by atoms with Crippen LogP contribution in [0, 0.1) is 5.82 Å². The van der Waals surface area contributed by atoms with Crippen molar-refractivity contribution in [3.8, 4) is 0 Å². The lowest BCUT2D eigenvalue weighted by molar-refractivity contribution is -0.155. The van der Waals surface area contributed by atoms with Gasteiger partial charge in [0.05, 0.1) is 10.9 Å². The molecular weight excluding hydrogens is 394 g/mol. The number of nitrogens with zero attached hydrogens (tertiary/aromatic N) is 1. The molecule has 0 spiro atoms. The number of benzene rings is 2. The molecule has 1 amide bonds. The molecule has 1 unspecified atom stereocenters. The molecule has 0 fully saturated rings. The predicted octanol–water partition coefficient (Wildman–Crippen LogP) is 2.88. The summed E-state index contributed by atoms with van der Waals surface area (Å²) in [5, 5.41) is 1.98. The molecule has 3 rings (SSSR count). The SMILES string of the molecule is CCn1c(=O)[nH]c2cc(C(=O)NC(c3ccc(F)cc3)C(F)(F)F)ccc2c1=O. The second-order valence-corrected chi connectivity index (χ2v) is 6.24. The Kier molecular flexibility index (Phi) is 5.27. The number of alkyl halides is 3. The Morgan fingerprint density at radius 3 is 2.38 bits per heavy atom. The Balaban J connectivity index is 1.98. The fourth-order valence-electron chi connectivity index (χ4n) is 2.91. The van der Waals surface area contributed by atoms with E-state index in [1.54, 1.807) is 6.92 Å². The summed E-state index contributed by atoms with van der Waals surface area (Å²) in [6.07, 6.45) is -4.83. The molecule has 29 heavy (non-hydrogen) atoms. The number of rotatable bonds is 4. The van der Waals surface area contributed by atoms with E-state index in [0.29, 0.717) is 0 Å². The van der Waals surface area contributed by atoms with Gasteiger partial charge >= 0.3 is 11.9 Å². The number of amides is 1. The number of halogens is 4. The van der Waals surface area contributed by atoms with Crippen molar-refractivity contribution < 1.29 is 22.4 Å². The number of fused-ring (bicyclic) bond motifs is 1. The number of hydrogen-bond acceptors (Lipinski definition) is 3. The van der Waals surface area contributed by atoms with E-state index in [0.717, 1.165) is 34.9 Å². The lowest BCUT2D eigenvalue weighted by Gasteiger charge is -2.22. The molecule has 2 aromatic carbocycles. The van der Waals surface area contributed by atoms with Crippen molar-refractivity contribution in [2.24, 2.45) is 0 Å². The van der Waals surface area contributed by atoms with Gasteiger partial charge in [0.15, 0.2) is 6.04 Å². The lowest BCUT2D eigenvalue weighted by atomic mass is 10.1. The van der Waals surface area contributed by atoms with Crippen molar-refractivity contribution in [2.45, 2.75) is 25.7 Å². The Morgan fingerprint density at radius 2 is 1.79 bits per heavy atom.